The second-order valence-corrected chi connectivity index (χ2v) is 6.33. The number of unbranched alkanes of at least 4 members (excludes halogenated alkanes) is 1. The van der Waals surface area contributed by atoms with E-state index in [1.807, 2.05) is 0 Å². The highest BCUT2D eigenvalue weighted by Crippen LogP contribution is 2.36. The van der Waals surface area contributed by atoms with E-state index < -0.39 is 0 Å². The molecular formula is C18H28N2O. The number of ether oxygens (including phenoxy) is 1. The molecular weight excluding hydrogens is 260 g/mol. The predicted molar refractivity (Wildman–Crippen MR) is 86.8 cm³/mol. The van der Waals surface area contributed by atoms with Gasteiger partial charge < -0.3 is 10.1 Å². The molecule has 1 fully saturated rings. The lowest BCUT2D eigenvalue weighted by molar-refractivity contribution is 0.128. The Morgan fingerprint density at radius 2 is 2.19 bits per heavy atom. The van der Waals surface area contributed by atoms with E-state index in [-0.39, 0.29) is 0 Å². The zero-order valence-electron chi connectivity index (χ0n) is 13.2. The van der Waals surface area contributed by atoms with E-state index >= 15 is 0 Å². The average Bonchev–Trinajstić information content (AvgIpc) is 3.04. The monoisotopic (exact) mass is 288 g/mol. The van der Waals surface area contributed by atoms with Crippen molar-refractivity contribution in [2.75, 3.05) is 26.2 Å². The Morgan fingerprint density at radius 1 is 1.29 bits per heavy atom. The fourth-order valence-electron chi connectivity index (χ4n) is 3.63. The molecule has 3 rings (SSSR count). The van der Waals surface area contributed by atoms with Gasteiger partial charge in [0.2, 0.25) is 0 Å². The van der Waals surface area contributed by atoms with Crippen LogP contribution < -0.4 is 10.1 Å². The average molecular weight is 288 g/mol. The molecule has 2 aliphatic heterocycles. The van der Waals surface area contributed by atoms with Gasteiger partial charge in [-0.1, -0.05) is 31.5 Å². The third-order valence-electron chi connectivity index (χ3n) is 4.78. The van der Waals surface area contributed by atoms with Crippen LogP contribution in [0, 0.1) is 0 Å². The molecule has 0 aromatic heterocycles. The van der Waals surface area contributed by atoms with Crippen LogP contribution in [-0.2, 0) is 0 Å². The van der Waals surface area contributed by atoms with Gasteiger partial charge in [0.25, 0.3) is 0 Å². The topological polar surface area (TPSA) is 24.5 Å². The van der Waals surface area contributed by atoms with Gasteiger partial charge in [0.05, 0.1) is 6.61 Å². The molecule has 0 spiro atoms. The van der Waals surface area contributed by atoms with Crippen LogP contribution in [0.1, 0.15) is 50.6 Å². The lowest BCUT2D eigenvalue weighted by Crippen LogP contribution is -2.41. The third-order valence-corrected chi connectivity index (χ3v) is 4.78. The van der Waals surface area contributed by atoms with Crippen molar-refractivity contribution < 1.29 is 4.74 Å². The van der Waals surface area contributed by atoms with Crippen molar-refractivity contribution in [3.8, 4) is 5.75 Å². The summed E-state index contributed by atoms with van der Waals surface area (Å²) in [5, 5.41) is 3.65. The summed E-state index contributed by atoms with van der Waals surface area (Å²) in [5.74, 6) is 1.09. The molecule has 21 heavy (non-hydrogen) atoms. The van der Waals surface area contributed by atoms with Crippen molar-refractivity contribution in [2.24, 2.45) is 0 Å². The van der Waals surface area contributed by atoms with Gasteiger partial charge in [-0.3, -0.25) is 4.90 Å². The van der Waals surface area contributed by atoms with Crippen LogP contribution in [0.3, 0.4) is 0 Å². The van der Waals surface area contributed by atoms with Gasteiger partial charge in [0, 0.05) is 30.6 Å². The molecule has 116 valence electrons. The molecule has 0 radical (unpaired) electrons. The van der Waals surface area contributed by atoms with Crippen molar-refractivity contribution in [2.45, 2.75) is 51.1 Å². The summed E-state index contributed by atoms with van der Waals surface area (Å²) in [6, 6.07) is 9.80. The lowest BCUT2D eigenvalue weighted by atomic mass is 9.98. The fourth-order valence-corrected chi connectivity index (χ4v) is 3.63. The fraction of sp³-hybridized carbons (Fsp3) is 0.667. The molecule has 0 saturated carbocycles. The number of nitrogens with one attached hydrogen (secondary N) is 1. The van der Waals surface area contributed by atoms with Crippen molar-refractivity contribution in [3.63, 3.8) is 0 Å². The Hall–Kier alpha value is -1.06. The van der Waals surface area contributed by atoms with Gasteiger partial charge in [-0.25, -0.2) is 0 Å². The minimum Gasteiger partial charge on any atom is -0.493 e. The molecule has 1 N–H and O–H groups in total. The summed E-state index contributed by atoms with van der Waals surface area (Å²) in [7, 11) is 0. The summed E-state index contributed by atoms with van der Waals surface area (Å²) in [5.41, 5.74) is 1.39. The zero-order chi connectivity index (χ0) is 14.5. The zero-order valence-corrected chi connectivity index (χ0v) is 13.2. The molecule has 2 unspecified atom stereocenters. The number of rotatable bonds is 6. The standard InChI is InChI=1S/C18H28N2O/c1-2-3-12-20(14-15-7-6-11-19-15)17-10-13-21-18-9-5-4-8-16(17)18/h4-5,8-9,15,17,19H,2-3,6-7,10-14H2,1H3. The molecule has 3 heteroatoms. The summed E-state index contributed by atoms with van der Waals surface area (Å²) < 4.78 is 5.84. The first kappa shape index (κ1) is 14.9. The highest BCUT2D eigenvalue weighted by molar-refractivity contribution is 5.37. The van der Waals surface area contributed by atoms with Crippen molar-refractivity contribution in [1.29, 1.82) is 0 Å². The maximum Gasteiger partial charge on any atom is 0.124 e. The second kappa shape index (κ2) is 7.28. The molecule has 0 aliphatic carbocycles. The number of para-hydroxylation sites is 1. The van der Waals surface area contributed by atoms with Crippen molar-refractivity contribution in [3.05, 3.63) is 29.8 Å². The number of hydrogen-bond acceptors (Lipinski definition) is 3. The first-order valence-corrected chi connectivity index (χ1v) is 8.57. The van der Waals surface area contributed by atoms with Crippen molar-refractivity contribution in [1.82, 2.24) is 10.2 Å². The second-order valence-electron chi connectivity index (χ2n) is 6.33. The van der Waals surface area contributed by atoms with Gasteiger partial charge in [-0.2, -0.15) is 0 Å². The van der Waals surface area contributed by atoms with Gasteiger partial charge in [-0.15, -0.1) is 0 Å². The molecule has 1 aromatic carbocycles. The van der Waals surface area contributed by atoms with Gasteiger partial charge in [0.15, 0.2) is 0 Å². The van der Waals surface area contributed by atoms with Crippen LogP contribution in [0.15, 0.2) is 24.3 Å². The van der Waals surface area contributed by atoms with Gasteiger partial charge in [0.1, 0.15) is 5.75 Å². The Morgan fingerprint density at radius 3 is 3.00 bits per heavy atom. The van der Waals surface area contributed by atoms with Crippen LogP contribution in [0.2, 0.25) is 0 Å². The highest BCUT2D eigenvalue weighted by Gasteiger charge is 2.28. The molecule has 2 atom stereocenters. The van der Waals surface area contributed by atoms with Crippen LogP contribution in [0.5, 0.6) is 5.75 Å². The first-order valence-electron chi connectivity index (χ1n) is 8.57. The van der Waals surface area contributed by atoms with Crippen LogP contribution in [0.4, 0.5) is 0 Å². The van der Waals surface area contributed by atoms with Crippen molar-refractivity contribution >= 4 is 0 Å². The number of benzene rings is 1. The number of fused-ring (bicyclic) bond motifs is 1. The summed E-state index contributed by atoms with van der Waals surface area (Å²) in [6.45, 7) is 6.70. The van der Waals surface area contributed by atoms with Gasteiger partial charge >= 0.3 is 0 Å². The van der Waals surface area contributed by atoms with E-state index in [4.69, 9.17) is 4.74 Å². The lowest BCUT2D eigenvalue weighted by Gasteiger charge is -2.37. The van der Waals surface area contributed by atoms with Crippen LogP contribution in [0.25, 0.3) is 0 Å². The molecule has 1 aromatic rings. The predicted octanol–water partition coefficient (Wildman–Crippen LogP) is 3.36. The Bertz CT molecular complexity index is 443. The van der Waals surface area contributed by atoms with Gasteiger partial charge in [-0.05, 0) is 38.4 Å². The van der Waals surface area contributed by atoms with Crippen LogP contribution >= 0.6 is 0 Å². The molecule has 0 amide bonds. The maximum atomic E-state index is 5.84. The summed E-state index contributed by atoms with van der Waals surface area (Å²) >= 11 is 0. The third kappa shape index (κ3) is 3.58. The number of hydrogen-bond donors (Lipinski definition) is 1. The quantitative estimate of drug-likeness (QED) is 0.868. The first-order chi connectivity index (χ1) is 10.4. The highest BCUT2D eigenvalue weighted by atomic mass is 16.5. The molecule has 0 bridgehead atoms. The summed E-state index contributed by atoms with van der Waals surface area (Å²) in [6.07, 6.45) is 6.32. The molecule has 3 nitrogen and oxygen atoms in total. The van der Waals surface area contributed by atoms with E-state index in [0.717, 1.165) is 18.8 Å². The Kier molecular flexibility index (Phi) is 5.15. The number of nitrogens with zero attached hydrogens (tertiary/aromatic N) is 1. The van der Waals surface area contributed by atoms with Crippen LogP contribution in [-0.4, -0.2) is 37.2 Å². The minimum absolute atomic E-state index is 0.531. The Balaban J connectivity index is 1.75. The normalized spacial score (nSPS) is 24.9. The largest absolute Gasteiger partial charge is 0.493 e. The SMILES string of the molecule is CCCCN(CC1CCCN1)C1CCOc2ccccc21. The molecule has 1 saturated heterocycles. The van der Waals surface area contributed by atoms with E-state index in [1.165, 1.54) is 50.9 Å². The summed E-state index contributed by atoms with van der Waals surface area (Å²) in [4.78, 5) is 2.70. The van der Waals surface area contributed by atoms with E-state index in [2.05, 4.69) is 41.4 Å². The molecule has 2 aliphatic rings. The smallest absolute Gasteiger partial charge is 0.124 e. The van der Waals surface area contributed by atoms with E-state index in [1.54, 1.807) is 0 Å². The van der Waals surface area contributed by atoms with E-state index in [0.29, 0.717) is 12.1 Å². The minimum atomic E-state index is 0.531. The maximum absolute atomic E-state index is 5.84. The molecule has 2 heterocycles. The van der Waals surface area contributed by atoms with E-state index in [9.17, 15) is 0 Å². The Labute approximate surface area is 128 Å².